The molecule has 0 fully saturated rings. The lowest BCUT2D eigenvalue weighted by Gasteiger charge is -2.01. The molecule has 27 heavy (non-hydrogen) atoms. The number of hydrogen-bond acceptors (Lipinski definition) is 6. The maximum absolute atomic E-state index is 12.9. The zero-order valence-corrected chi connectivity index (χ0v) is 15.3. The Hall–Kier alpha value is -3.11. The van der Waals surface area contributed by atoms with Gasteiger partial charge in [-0.05, 0) is 43.3 Å². The van der Waals surface area contributed by atoms with Crippen LogP contribution in [0.15, 0.2) is 58.2 Å². The highest BCUT2D eigenvalue weighted by atomic mass is 32.2. The Morgan fingerprint density at radius 3 is 2.78 bits per heavy atom. The van der Waals surface area contributed by atoms with E-state index in [-0.39, 0.29) is 12.4 Å². The summed E-state index contributed by atoms with van der Waals surface area (Å²) in [6, 6.07) is 13.0. The van der Waals surface area contributed by atoms with Crippen LogP contribution < -0.4 is 0 Å². The number of aromatic nitrogens is 2. The predicted molar refractivity (Wildman–Crippen MR) is 99.7 cm³/mol. The second-order valence-corrected chi connectivity index (χ2v) is 6.39. The van der Waals surface area contributed by atoms with E-state index in [0.29, 0.717) is 28.0 Å². The minimum atomic E-state index is -0.401. The number of halogens is 1. The van der Waals surface area contributed by atoms with Crippen molar-refractivity contribution in [3.8, 4) is 23.3 Å². The van der Waals surface area contributed by atoms with Crippen molar-refractivity contribution in [3.05, 3.63) is 65.5 Å². The van der Waals surface area contributed by atoms with Gasteiger partial charge in [-0.2, -0.15) is 0 Å². The van der Waals surface area contributed by atoms with Gasteiger partial charge in [-0.15, -0.1) is 10.2 Å². The summed E-state index contributed by atoms with van der Waals surface area (Å²) in [4.78, 5) is 11.9. The van der Waals surface area contributed by atoms with E-state index in [2.05, 4.69) is 22.0 Å². The number of benzene rings is 2. The van der Waals surface area contributed by atoms with Crippen molar-refractivity contribution in [1.82, 2.24) is 10.2 Å². The fourth-order valence-electron chi connectivity index (χ4n) is 2.13. The summed E-state index contributed by atoms with van der Waals surface area (Å²) >= 11 is 1.27. The van der Waals surface area contributed by atoms with Crippen LogP contribution in [0.4, 0.5) is 4.39 Å². The van der Waals surface area contributed by atoms with Crippen LogP contribution in [0.3, 0.4) is 0 Å². The van der Waals surface area contributed by atoms with E-state index in [1.165, 1.54) is 23.9 Å². The quantitative estimate of drug-likeness (QED) is 0.375. The van der Waals surface area contributed by atoms with Gasteiger partial charge < -0.3 is 9.15 Å². The van der Waals surface area contributed by atoms with E-state index in [9.17, 15) is 9.18 Å². The molecule has 0 atom stereocenters. The van der Waals surface area contributed by atoms with Crippen LogP contribution in [-0.4, -0.2) is 28.5 Å². The first-order valence-electron chi connectivity index (χ1n) is 8.03. The van der Waals surface area contributed by atoms with Gasteiger partial charge in [0.2, 0.25) is 5.89 Å². The summed E-state index contributed by atoms with van der Waals surface area (Å²) in [5.74, 6) is 5.64. The van der Waals surface area contributed by atoms with Gasteiger partial charge >= 0.3 is 5.97 Å². The molecule has 5 nitrogen and oxygen atoms in total. The molecule has 0 bridgehead atoms. The van der Waals surface area contributed by atoms with Crippen molar-refractivity contribution in [2.45, 2.75) is 12.1 Å². The van der Waals surface area contributed by atoms with Crippen LogP contribution in [0.5, 0.6) is 0 Å². The largest absolute Gasteiger partial charge is 0.449 e. The van der Waals surface area contributed by atoms with Gasteiger partial charge in [0.25, 0.3) is 5.22 Å². The molecule has 0 radical (unpaired) electrons. The van der Waals surface area contributed by atoms with Crippen LogP contribution in [0.2, 0.25) is 0 Å². The van der Waals surface area contributed by atoms with E-state index >= 15 is 0 Å². The number of carbonyl (C=O) groups is 1. The highest BCUT2D eigenvalue weighted by molar-refractivity contribution is 7.99. The molecule has 0 spiro atoms. The van der Waals surface area contributed by atoms with Gasteiger partial charge in [-0.3, -0.25) is 0 Å². The molecular formula is C20H15FN2O3S. The number of aryl methyl sites for hydroxylation is 1. The number of nitrogens with zero attached hydrogens (tertiary/aromatic N) is 2. The van der Waals surface area contributed by atoms with Gasteiger partial charge in [0, 0.05) is 5.56 Å². The Labute approximate surface area is 160 Å². The first-order valence-corrected chi connectivity index (χ1v) is 9.02. The van der Waals surface area contributed by atoms with E-state index in [0.717, 1.165) is 5.56 Å². The highest BCUT2D eigenvalue weighted by Crippen LogP contribution is 2.22. The second-order valence-electron chi connectivity index (χ2n) is 5.47. The van der Waals surface area contributed by atoms with Crippen molar-refractivity contribution < 1.29 is 18.3 Å². The van der Waals surface area contributed by atoms with Gasteiger partial charge in [0.15, 0.2) is 6.61 Å². The molecule has 7 heteroatoms. The monoisotopic (exact) mass is 382 g/mol. The zero-order valence-electron chi connectivity index (χ0n) is 14.4. The van der Waals surface area contributed by atoms with Crippen LogP contribution in [0, 0.1) is 24.6 Å². The average Bonchev–Trinajstić information content (AvgIpc) is 3.14. The first-order chi connectivity index (χ1) is 13.1. The fraction of sp³-hybridized carbons (Fsp3) is 0.150. The predicted octanol–water partition coefficient (Wildman–Crippen LogP) is 4.14. The van der Waals surface area contributed by atoms with E-state index in [1.54, 1.807) is 30.3 Å². The molecule has 0 N–H and O–H groups in total. The van der Waals surface area contributed by atoms with Crippen LogP contribution in [0.25, 0.3) is 11.5 Å². The van der Waals surface area contributed by atoms with Crippen LogP contribution in [-0.2, 0) is 4.74 Å². The van der Waals surface area contributed by atoms with E-state index in [1.807, 2.05) is 13.0 Å². The number of hydrogen-bond donors (Lipinski definition) is 0. The third kappa shape index (κ3) is 5.43. The SMILES string of the molecule is Cc1cccc(C(=O)OCC#CCSc2nnc(-c3ccc(F)cc3)o2)c1. The summed E-state index contributed by atoms with van der Waals surface area (Å²) in [5.41, 5.74) is 2.14. The lowest BCUT2D eigenvalue weighted by atomic mass is 10.1. The summed E-state index contributed by atoms with van der Waals surface area (Å²) in [5, 5.41) is 8.19. The van der Waals surface area contributed by atoms with Gasteiger partial charge in [0.1, 0.15) is 5.82 Å². The lowest BCUT2D eigenvalue weighted by molar-refractivity contribution is 0.0556. The molecule has 0 aliphatic carbocycles. The number of rotatable bonds is 5. The maximum Gasteiger partial charge on any atom is 0.339 e. The molecule has 0 aliphatic heterocycles. The third-order valence-electron chi connectivity index (χ3n) is 3.42. The smallest absolute Gasteiger partial charge is 0.339 e. The Kier molecular flexibility index (Phi) is 6.23. The maximum atomic E-state index is 12.9. The number of ether oxygens (including phenoxy) is 1. The number of thioether (sulfide) groups is 1. The van der Waals surface area contributed by atoms with Gasteiger partial charge in [-0.1, -0.05) is 41.3 Å². The van der Waals surface area contributed by atoms with Gasteiger partial charge in [-0.25, -0.2) is 9.18 Å². The molecule has 0 amide bonds. The number of carbonyl (C=O) groups excluding carboxylic acids is 1. The summed E-state index contributed by atoms with van der Waals surface area (Å²) in [6.07, 6.45) is 0. The summed E-state index contributed by atoms with van der Waals surface area (Å²) in [6.45, 7) is 1.92. The molecule has 3 aromatic rings. The van der Waals surface area contributed by atoms with Gasteiger partial charge in [0.05, 0.1) is 11.3 Å². The molecule has 136 valence electrons. The molecule has 0 saturated heterocycles. The molecular weight excluding hydrogens is 367 g/mol. The zero-order chi connectivity index (χ0) is 19.1. The topological polar surface area (TPSA) is 65.2 Å². The van der Waals surface area contributed by atoms with Crippen molar-refractivity contribution in [1.29, 1.82) is 0 Å². The lowest BCUT2D eigenvalue weighted by Crippen LogP contribution is -2.05. The van der Waals surface area contributed by atoms with Crippen molar-refractivity contribution >= 4 is 17.7 Å². The molecule has 0 aliphatic rings. The number of esters is 1. The second kappa shape index (κ2) is 9.01. The fourth-order valence-corrected chi connectivity index (χ4v) is 2.67. The molecule has 2 aromatic carbocycles. The molecule has 0 saturated carbocycles. The Morgan fingerprint density at radius 2 is 2.00 bits per heavy atom. The van der Waals surface area contributed by atoms with Crippen LogP contribution >= 0.6 is 11.8 Å². The highest BCUT2D eigenvalue weighted by Gasteiger charge is 2.08. The van der Waals surface area contributed by atoms with Crippen molar-refractivity contribution in [2.24, 2.45) is 0 Å². The molecule has 1 aromatic heterocycles. The Morgan fingerprint density at radius 1 is 1.19 bits per heavy atom. The van der Waals surface area contributed by atoms with Crippen LogP contribution in [0.1, 0.15) is 15.9 Å². The Balaban J connectivity index is 1.44. The minimum absolute atomic E-state index is 0.0119. The molecule has 3 rings (SSSR count). The Bertz CT molecular complexity index is 990. The summed E-state index contributed by atoms with van der Waals surface area (Å²) in [7, 11) is 0. The third-order valence-corrected chi connectivity index (χ3v) is 4.12. The molecule has 1 heterocycles. The average molecular weight is 382 g/mol. The summed E-state index contributed by atoms with van der Waals surface area (Å²) < 4.78 is 23.5. The molecule has 0 unspecified atom stereocenters. The van der Waals surface area contributed by atoms with Crippen molar-refractivity contribution in [2.75, 3.05) is 12.4 Å². The van der Waals surface area contributed by atoms with Crippen molar-refractivity contribution in [3.63, 3.8) is 0 Å². The first kappa shape index (κ1) is 18.7. The minimum Gasteiger partial charge on any atom is -0.449 e. The van der Waals surface area contributed by atoms with E-state index < -0.39 is 5.97 Å². The normalized spacial score (nSPS) is 10.1. The van der Waals surface area contributed by atoms with E-state index in [4.69, 9.17) is 9.15 Å². The standard InChI is InChI=1S/C20H15FN2O3S/c1-14-5-4-6-16(13-14)19(24)25-11-2-3-12-27-20-23-22-18(26-20)15-7-9-17(21)10-8-15/h4-10,13H,11-12H2,1H3.